The number of pyridine rings is 1. The highest BCUT2D eigenvalue weighted by molar-refractivity contribution is 5.94. The van der Waals surface area contributed by atoms with Gasteiger partial charge in [0.25, 0.3) is 0 Å². The second kappa shape index (κ2) is 7.34. The average Bonchev–Trinajstić information content (AvgIpc) is 3.02. The van der Waals surface area contributed by atoms with Crippen LogP contribution >= 0.6 is 0 Å². The Hall–Kier alpha value is -2.25. The van der Waals surface area contributed by atoms with E-state index in [9.17, 15) is 4.79 Å². The molecule has 122 valence electrons. The van der Waals surface area contributed by atoms with Crippen LogP contribution in [0.1, 0.15) is 12.5 Å². The predicted molar refractivity (Wildman–Crippen MR) is 86.0 cm³/mol. The van der Waals surface area contributed by atoms with Crippen LogP contribution in [0.3, 0.4) is 0 Å². The van der Waals surface area contributed by atoms with Crippen molar-refractivity contribution < 1.29 is 9.53 Å². The molecular formula is C16H21N5O2. The Morgan fingerprint density at radius 3 is 3.04 bits per heavy atom. The van der Waals surface area contributed by atoms with Gasteiger partial charge in [-0.1, -0.05) is 0 Å². The van der Waals surface area contributed by atoms with Gasteiger partial charge in [0.2, 0.25) is 5.91 Å². The van der Waals surface area contributed by atoms with E-state index in [2.05, 4.69) is 20.7 Å². The summed E-state index contributed by atoms with van der Waals surface area (Å²) in [4.78, 5) is 16.3. The van der Waals surface area contributed by atoms with E-state index in [1.807, 2.05) is 29.9 Å². The summed E-state index contributed by atoms with van der Waals surface area (Å²) in [7, 11) is 0. The summed E-state index contributed by atoms with van der Waals surface area (Å²) in [5.74, 6) is 0.445. The molecule has 2 atom stereocenters. The van der Waals surface area contributed by atoms with Gasteiger partial charge in [0.15, 0.2) is 5.82 Å². The maximum Gasteiger partial charge on any atom is 0.245 e. The smallest absolute Gasteiger partial charge is 0.245 e. The zero-order valence-corrected chi connectivity index (χ0v) is 13.1. The molecule has 1 aliphatic rings. The molecule has 1 aliphatic heterocycles. The number of hydrogen-bond acceptors (Lipinski definition) is 5. The Bertz CT molecular complexity index is 643. The largest absolute Gasteiger partial charge is 0.375 e. The molecular weight excluding hydrogens is 294 g/mol. The highest BCUT2D eigenvalue weighted by atomic mass is 16.5. The van der Waals surface area contributed by atoms with Crippen molar-refractivity contribution in [2.24, 2.45) is 0 Å². The highest BCUT2D eigenvalue weighted by Crippen LogP contribution is 2.09. The van der Waals surface area contributed by atoms with E-state index in [1.54, 1.807) is 18.5 Å². The van der Waals surface area contributed by atoms with E-state index in [1.165, 1.54) is 5.56 Å². The van der Waals surface area contributed by atoms with Gasteiger partial charge in [0.05, 0.1) is 12.7 Å². The molecule has 7 heteroatoms. The summed E-state index contributed by atoms with van der Waals surface area (Å²) in [5.41, 5.74) is 1.21. The number of ether oxygens (including phenoxy) is 1. The van der Waals surface area contributed by atoms with Crippen molar-refractivity contribution in [3.05, 3.63) is 42.4 Å². The molecule has 0 radical (unpaired) electrons. The Balaban J connectivity index is 1.53. The Kier molecular flexibility index (Phi) is 4.99. The first kappa shape index (κ1) is 15.6. The third-order valence-electron chi connectivity index (χ3n) is 3.87. The lowest BCUT2D eigenvalue weighted by Gasteiger charge is -2.28. The van der Waals surface area contributed by atoms with Crippen molar-refractivity contribution in [1.29, 1.82) is 0 Å². The molecule has 1 fully saturated rings. The zero-order valence-electron chi connectivity index (χ0n) is 13.1. The number of nitrogens with zero attached hydrogens (tertiary/aromatic N) is 3. The standard InChI is InChI=1S/C16H21N5O2/c1-12-15(18-8-11-23-12)16(22)19-14-5-10-21(20-14)9-4-13-2-6-17-7-3-13/h2-3,5-7,10,12,15,18H,4,8-9,11H2,1H3,(H,19,20,22)/t12-,15+/m1/s1. The fraction of sp³-hybridized carbons (Fsp3) is 0.438. The lowest BCUT2D eigenvalue weighted by Crippen LogP contribution is -2.53. The highest BCUT2D eigenvalue weighted by Gasteiger charge is 2.28. The number of carbonyl (C=O) groups is 1. The SMILES string of the molecule is C[C@H]1OCCN[C@@H]1C(=O)Nc1ccn(CCc2ccncc2)n1. The zero-order chi connectivity index (χ0) is 16.1. The van der Waals surface area contributed by atoms with Crippen LogP contribution in [-0.4, -0.2) is 46.0 Å². The van der Waals surface area contributed by atoms with Gasteiger partial charge in [-0.25, -0.2) is 0 Å². The van der Waals surface area contributed by atoms with Gasteiger partial charge >= 0.3 is 0 Å². The summed E-state index contributed by atoms with van der Waals surface area (Å²) in [6.07, 6.45) is 6.16. The van der Waals surface area contributed by atoms with Crippen LogP contribution in [0, 0.1) is 0 Å². The lowest BCUT2D eigenvalue weighted by atomic mass is 10.1. The monoisotopic (exact) mass is 315 g/mol. The second-order valence-electron chi connectivity index (χ2n) is 5.57. The van der Waals surface area contributed by atoms with E-state index in [-0.39, 0.29) is 18.1 Å². The molecule has 3 rings (SSSR count). The van der Waals surface area contributed by atoms with Gasteiger partial charge in [0.1, 0.15) is 6.04 Å². The minimum Gasteiger partial charge on any atom is -0.375 e. The molecule has 2 N–H and O–H groups in total. The van der Waals surface area contributed by atoms with Crippen LogP contribution < -0.4 is 10.6 Å². The Morgan fingerprint density at radius 2 is 2.26 bits per heavy atom. The molecule has 23 heavy (non-hydrogen) atoms. The van der Waals surface area contributed by atoms with E-state index in [0.717, 1.165) is 13.0 Å². The summed E-state index contributed by atoms with van der Waals surface area (Å²) in [6, 6.07) is 5.44. The van der Waals surface area contributed by atoms with Gasteiger partial charge in [0, 0.05) is 37.7 Å². The fourth-order valence-corrected chi connectivity index (χ4v) is 2.58. The maximum atomic E-state index is 12.3. The van der Waals surface area contributed by atoms with Crippen LogP contribution in [0.15, 0.2) is 36.8 Å². The topological polar surface area (TPSA) is 81.1 Å². The summed E-state index contributed by atoms with van der Waals surface area (Å²) in [6.45, 7) is 3.96. The van der Waals surface area contributed by atoms with Crippen molar-refractivity contribution in [3.8, 4) is 0 Å². The van der Waals surface area contributed by atoms with Crippen molar-refractivity contribution in [2.45, 2.75) is 32.0 Å². The first-order valence-corrected chi connectivity index (χ1v) is 7.80. The molecule has 1 amide bonds. The average molecular weight is 315 g/mol. The fourth-order valence-electron chi connectivity index (χ4n) is 2.58. The number of carbonyl (C=O) groups excluding carboxylic acids is 1. The molecule has 1 saturated heterocycles. The molecule has 0 spiro atoms. The molecule has 2 aromatic heterocycles. The van der Waals surface area contributed by atoms with E-state index in [0.29, 0.717) is 19.0 Å². The second-order valence-corrected chi connectivity index (χ2v) is 5.57. The van der Waals surface area contributed by atoms with Gasteiger partial charge in [-0.05, 0) is 31.0 Å². The predicted octanol–water partition coefficient (Wildman–Crippen LogP) is 0.836. The van der Waals surface area contributed by atoms with Crippen LogP contribution in [0.25, 0.3) is 0 Å². The quantitative estimate of drug-likeness (QED) is 0.854. The van der Waals surface area contributed by atoms with Crippen molar-refractivity contribution in [2.75, 3.05) is 18.5 Å². The molecule has 2 aromatic rings. The molecule has 7 nitrogen and oxygen atoms in total. The third-order valence-corrected chi connectivity index (χ3v) is 3.87. The van der Waals surface area contributed by atoms with Gasteiger partial charge < -0.3 is 15.4 Å². The summed E-state index contributed by atoms with van der Waals surface area (Å²) < 4.78 is 7.31. The van der Waals surface area contributed by atoms with Gasteiger partial charge in [-0.2, -0.15) is 5.10 Å². The van der Waals surface area contributed by atoms with Gasteiger partial charge in [-0.3, -0.25) is 14.5 Å². The number of hydrogen-bond donors (Lipinski definition) is 2. The molecule has 0 unspecified atom stereocenters. The van der Waals surface area contributed by atoms with E-state index >= 15 is 0 Å². The number of rotatable bonds is 5. The Morgan fingerprint density at radius 1 is 1.43 bits per heavy atom. The van der Waals surface area contributed by atoms with Gasteiger partial charge in [-0.15, -0.1) is 0 Å². The van der Waals surface area contributed by atoms with Crippen LogP contribution in [0.4, 0.5) is 5.82 Å². The van der Waals surface area contributed by atoms with E-state index in [4.69, 9.17) is 4.74 Å². The number of aryl methyl sites for hydroxylation is 2. The first-order chi connectivity index (χ1) is 11.2. The summed E-state index contributed by atoms with van der Waals surface area (Å²) in [5, 5.41) is 10.4. The number of morpholine rings is 1. The number of amides is 1. The number of nitrogens with one attached hydrogen (secondary N) is 2. The van der Waals surface area contributed by atoms with Crippen molar-refractivity contribution in [3.63, 3.8) is 0 Å². The van der Waals surface area contributed by atoms with Crippen molar-refractivity contribution in [1.82, 2.24) is 20.1 Å². The molecule has 0 bridgehead atoms. The maximum absolute atomic E-state index is 12.3. The Labute approximate surface area is 135 Å². The number of aromatic nitrogens is 3. The van der Waals surface area contributed by atoms with Crippen LogP contribution in [0.2, 0.25) is 0 Å². The normalized spacial score (nSPS) is 21.1. The van der Waals surface area contributed by atoms with Crippen LogP contribution in [0.5, 0.6) is 0 Å². The molecule has 0 saturated carbocycles. The first-order valence-electron chi connectivity index (χ1n) is 7.80. The third kappa shape index (κ3) is 4.14. The minimum atomic E-state index is -0.342. The molecule has 3 heterocycles. The van der Waals surface area contributed by atoms with E-state index < -0.39 is 0 Å². The lowest BCUT2D eigenvalue weighted by molar-refractivity contribution is -0.123. The number of anilines is 1. The van der Waals surface area contributed by atoms with Crippen LogP contribution in [-0.2, 0) is 22.5 Å². The summed E-state index contributed by atoms with van der Waals surface area (Å²) >= 11 is 0. The molecule has 0 aromatic carbocycles. The minimum absolute atomic E-state index is 0.114. The molecule has 0 aliphatic carbocycles. The van der Waals surface area contributed by atoms with Crippen molar-refractivity contribution >= 4 is 11.7 Å².